The monoisotopic (exact) mass is 1080 g/mol. The molecule has 0 radical (unpaired) electrons. The molecule has 0 rings (SSSR count). The van der Waals surface area contributed by atoms with Crippen molar-refractivity contribution in [3.05, 3.63) is 36.5 Å². The molecule has 0 saturated carbocycles. The molecule has 0 aromatic carbocycles. The van der Waals surface area contributed by atoms with Crippen molar-refractivity contribution in [1.82, 2.24) is 5.32 Å². The largest absolute Gasteiger partial charge is 0.394 e. The first-order valence-corrected chi connectivity index (χ1v) is 34.9. The molecular weight excluding hydrogens is 947 g/mol. The molecule has 6 nitrogen and oxygen atoms in total. The van der Waals surface area contributed by atoms with E-state index in [9.17, 15) is 25.2 Å². The SMILES string of the molecule is CCCCCCCCCCCCCCCCCC/C=C/CC/C=C/CC/C=C/CCCC(O)C(O)C(CO)NC(=O)C(O)CCCCCCCCCCCCCCCCCCCCCCCCCCCCCCCCCC. The Morgan fingerprint density at radius 2 is 0.545 bits per heavy atom. The average molecular weight is 1080 g/mol. The number of carbonyl (C=O) groups excluding carboxylic acids is 1. The average Bonchev–Trinajstić information content (AvgIpc) is 3.43. The van der Waals surface area contributed by atoms with Crippen LogP contribution < -0.4 is 5.32 Å². The maximum atomic E-state index is 12.7. The highest BCUT2D eigenvalue weighted by Gasteiger charge is 2.28. The fourth-order valence-electron chi connectivity index (χ4n) is 11.1. The van der Waals surface area contributed by atoms with Gasteiger partial charge in [0.1, 0.15) is 12.2 Å². The molecule has 0 aliphatic rings. The van der Waals surface area contributed by atoms with E-state index >= 15 is 0 Å². The van der Waals surface area contributed by atoms with Crippen LogP contribution in [-0.4, -0.2) is 57.3 Å². The van der Waals surface area contributed by atoms with Crippen molar-refractivity contribution < 1.29 is 25.2 Å². The molecule has 4 unspecified atom stereocenters. The molecule has 0 saturated heterocycles. The summed E-state index contributed by atoms with van der Waals surface area (Å²) in [7, 11) is 0. The number of hydrogen-bond acceptors (Lipinski definition) is 5. The summed E-state index contributed by atoms with van der Waals surface area (Å²) in [4.78, 5) is 12.7. The second kappa shape index (κ2) is 65.3. The minimum Gasteiger partial charge on any atom is -0.394 e. The van der Waals surface area contributed by atoms with Crippen molar-refractivity contribution in [1.29, 1.82) is 0 Å². The van der Waals surface area contributed by atoms with Crippen LogP contribution in [0, 0.1) is 0 Å². The number of allylic oxidation sites excluding steroid dienone is 6. The van der Waals surface area contributed by atoms with Gasteiger partial charge in [0.05, 0.1) is 18.8 Å². The van der Waals surface area contributed by atoms with Crippen LogP contribution in [0.4, 0.5) is 0 Å². The third kappa shape index (κ3) is 59.0. The number of amides is 1. The molecule has 0 spiro atoms. The highest BCUT2D eigenvalue weighted by Crippen LogP contribution is 2.19. The summed E-state index contributed by atoms with van der Waals surface area (Å²) in [6.07, 6.45) is 84.2. The topological polar surface area (TPSA) is 110 Å². The number of nitrogens with one attached hydrogen (secondary N) is 1. The van der Waals surface area contributed by atoms with Crippen molar-refractivity contribution in [2.75, 3.05) is 6.61 Å². The number of aliphatic hydroxyl groups excluding tert-OH is 4. The molecule has 456 valence electrons. The van der Waals surface area contributed by atoms with Gasteiger partial charge < -0.3 is 25.7 Å². The third-order valence-electron chi connectivity index (χ3n) is 16.6. The molecule has 4 atom stereocenters. The van der Waals surface area contributed by atoms with Gasteiger partial charge >= 0.3 is 0 Å². The molecule has 0 aliphatic carbocycles. The van der Waals surface area contributed by atoms with Crippen molar-refractivity contribution in [2.45, 2.75) is 404 Å². The zero-order valence-corrected chi connectivity index (χ0v) is 52.0. The van der Waals surface area contributed by atoms with Gasteiger partial charge in [0.25, 0.3) is 0 Å². The van der Waals surface area contributed by atoms with E-state index in [0.717, 1.165) is 51.4 Å². The Labute approximate surface area is 481 Å². The van der Waals surface area contributed by atoms with Crippen LogP contribution in [-0.2, 0) is 4.79 Å². The van der Waals surface area contributed by atoms with E-state index in [-0.39, 0.29) is 0 Å². The summed E-state index contributed by atoms with van der Waals surface area (Å²) < 4.78 is 0. The lowest BCUT2D eigenvalue weighted by Gasteiger charge is -2.27. The van der Waals surface area contributed by atoms with Gasteiger partial charge in [-0.2, -0.15) is 0 Å². The maximum absolute atomic E-state index is 12.7. The Bertz CT molecular complexity index is 1220. The quantitative estimate of drug-likeness (QED) is 0.0308. The zero-order chi connectivity index (χ0) is 55.8. The second-order valence-corrected chi connectivity index (χ2v) is 24.2. The number of carbonyl (C=O) groups is 1. The van der Waals surface area contributed by atoms with E-state index in [0.29, 0.717) is 19.3 Å². The molecule has 0 fully saturated rings. The van der Waals surface area contributed by atoms with E-state index in [1.807, 2.05) is 0 Å². The lowest BCUT2D eigenvalue weighted by molar-refractivity contribution is -0.132. The fraction of sp³-hybridized carbons (Fsp3) is 0.901. The number of rotatable bonds is 65. The van der Waals surface area contributed by atoms with Crippen molar-refractivity contribution in [2.24, 2.45) is 0 Å². The highest BCUT2D eigenvalue weighted by atomic mass is 16.3. The van der Waals surface area contributed by atoms with Crippen LogP contribution in [0.5, 0.6) is 0 Å². The first kappa shape index (κ1) is 75.5. The molecule has 6 heteroatoms. The summed E-state index contributed by atoms with van der Waals surface area (Å²) in [5.41, 5.74) is 0. The van der Waals surface area contributed by atoms with Gasteiger partial charge in [-0.1, -0.05) is 352 Å². The van der Waals surface area contributed by atoms with Crippen LogP contribution in [0.15, 0.2) is 36.5 Å². The van der Waals surface area contributed by atoms with Crippen LogP contribution in [0.1, 0.15) is 380 Å². The Kier molecular flexibility index (Phi) is 64.1. The summed E-state index contributed by atoms with van der Waals surface area (Å²) in [5, 5.41) is 44.2. The molecule has 5 N–H and O–H groups in total. The van der Waals surface area contributed by atoms with E-state index in [1.165, 1.54) is 295 Å². The van der Waals surface area contributed by atoms with E-state index in [1.54, 1.807) is 0 Å². The first-order chi connectivity index (χ1) is 38.0. The number of hydrogen-bond donors (Lipinski definition) is 5. The molecule has 0 aliphatic heterocycles. The molecule has 0 heterocycles. The summed E-state index contributed by atoms with van der Waals surface area (Å²) in [6, 6.07) is -1.01. The van der Waals surface area contributed by atoms with E-state index < -0.39 is 36.9 Å². The van der Waals surface area contributed by atoms with Crippen LogP contribution >= 0.6 is 0 Å². The molecule has 1 amide bonds. The van der Waals surface area contributed by atoms with Crippen molar-refractivity contribution >= 4 is 5.91 Å². The van der Waals surface area contributed by atoms with Gasteiger partial charge in [-0.3, -0.25) is 4.79 Å². The second-order valence-electron chi connectivity index (χ2n) is 24.2. The smallest absolute Gasteiger partial charge is 0.249 e. The maximum Gasteiger partial charge on any atom is 0.249 e. The zero-order valence-electron chi connectivity index (χ0n) is 52.0. The van der Waals surface area contributed by atoms with E-state index in [4.69, 9.17) is 0 Å². The van der Waals surface area contributed by atoms with Gasteiger partial charge in [0.15, 0.2) is 0 Å². The minimum atomic E-state index is -1.29. The Morgan fingerprint density at radius 1 is 0.312 bits per heavy atom. The first-order valence-electron chi connectivity index (χ1n) is 34.9. The lowest BCUT2D eigenvalue weighted by Crippen LogP contribution is -2.53. The summed E-state index contributed by atoms with van der Waals surface area (Å²) >= 11 is 0. The fourth-order valence-corrected chi connectivity index (χ4v) is 11.1. The Balaban J connectivity index is 3.59. The van der Waals surface area contributed by atoms with Crippen LogP contribution in [0.2, 0.25) is 0 Å². The number of aliphatic hydroxyl groups is 4. The van der Waals surface area contributed by atoms with Gasteiger partial charge in [0.2, 0.25) is 5.91 Å². The van der Waals surface area contributed by atoms with Crippen LogP contribution in [0.25, 0.3) is 0 Å². The van der Waals surface area contributed by atoms with Gasteiger partial charge in [-0.15, -0.1) is 0 Å². The van der Waals surface area contributed by atoms with E-state index in [2.05, 4.69) is 55.6 Å². The molecule has 0 aromatic heterocycles. The van der Waals surface area contributed by atoms with Crippen LogP contribution in [0.3, 0.4) is 0 Å². The minimum absolute atomic E-state index is 0.362. The predicted molar refractivity (Wildman–Crippen MR) is 339 cm³/mol. The normalized spacial score (nSPS) is 13.7. The summed E-state index contributed by atoms with van der Waals surface area (Å²) in [5.74, 6) is -0.592. The standard InChI is InChI=1S/C71H137NO5/c1-3-5-7-9-11-13-15-17-19-21-23-25-27-29-31-33-34-35-37-39-41-43-45-47-49-51-53-55-57-59-61-63-65-69(75)71(77)72-67(66-73)70(76)68(74)64-62-60-58-56-54-52-50-48-46-44-42-40-38-36-32-30-28-26-24-22-20-18-16-14-12-10-8-6-4-2/h40,42,48,50,56,58,67-70,73-76H,3-39,41,43-47,49,51-55,57,59-66H2,1-2H3,(H,72,77)/b42-40+,50-48+,58-56+. The Morgan fingerprint density at radius 3 is 0.818 bits per heavy atom. The van der Waals surface area contributed by atoms with Gasteiger partial charge in [-0.05, 0) is 64.2 Å². The van der Waals surface area contributed by atoms with Gasteiger partial charge in [-0.25, -0.2) is 0 Å². The number of unbranched alkanes of at least 4 members (excludes halogenated alkanes) is 50. The molecule has 0 bridgehead atoms. The Hall–Kier alpha value is -1.47. The lowest BCUT2D eigenvalue weighted by atomic mass is 10.00. The molecule has 0 aromatic rings. The van der Waals surface area contributed by atoms with Crippen molar-refractivity contribution in [3.8, 4) is 0 Å². The molecule has 77 heavy (non-hydrogen) atoms. The van der Waals surface area contributed by atoms with Gasteiger partial charge in [0, 0.05) is 0 Å². The summed E-state index contributed by atoms with van der Waals surface area (Å²) in [6.45, 7) is 4.09. The predicted octanol–water partition coefficient (Wildman–Crippen LogP) is 21.5. The highest BCUT2D eigenvalue weighted by molar-refractivity contribution is 5.80. The van der Waals surface area contributed by atoms with Crippen molar-refractivity contribution in [3.63, 3.8) is 0 Å². The third-order valence-corrected chi connectivity index (χ3v) is 16.6. The molecular formula is C71H137NO5.